The van der Waals surface area contributed by atoms with Gasteiger partial charge in [-0.2, -0.15) is 0 Å². The van der Waals surface area contributed by atoms with Crippen molar-refractivity contribution in [3.8, 4) is 0 Å². The number of benzene rings is 1. The molecule has 2 N–H and O–H groups in total. The van der Waals surface area contributed by atoms with Crippen LogP contribution in [0.4, 0.5) is 4.39 Å². The Morgan fingerprint density at radius 1 is 1.25 bits per heavy atom. The first-order valence-electron chi connectivity index (χ1n) is 6.91. The quantitative estimate of drug-likeness (QED) is 0.911. The van der Waals surface area contributed by atoms with Gasteiger partial charge in [0, 0.05) is 18.2 Å². The molecule has 1 unspecified atom stereocenters. The molecule has 1 aromatic carbocycles. The van der Waals surface area contributed by atoms with Crippen molar-refractivity contribution in [2.24, 2.45) is 5.73 Å². The molecular weight excluding hydrogens is 279 g/mol. The van der Waals surface area contributed by atoms with Crippen LogP contribution in [-0.2, 0) is 9.84 Å². The number of hydrogen-bond acceptors (Lipinski definition) is 4. The lowest BCUT2D eigenvalue weighted by atomic mass is 10.0. The summed E-state index contributed by atoms with van der Waals surface area (Å²) in [6.07, 6.45) is 1.29. The average Bonchev–Trinajstić information content (AvgIpc) is 2.57. The molecule has 0 aromatic heterocycles. The van der Waals surface area contributed by atoms with Gasteiger partial charge in [-0.3, -0.25) is 0 Å². The van der Waals surface area contributed by atoms with Gasteiger partial charge in [0.15, 0.2) is 9.84 Å². The van der Waals surface area contributed by atoms with Crippen LogP contribution < -0.4 is 5.73 Å². The van der Waals surface area contributed by atoms with Crippen molar-refractivity contribution in [2.75, 3.05) is 31.1 Å². The number of sulfone groups is 1. The maximum Gasteiger partial charge on any atom is 0.151 e. The number of nitrogens with zero attached hydrogens (tertiary/aromatic N) is 1. The monoisotopic (exact) mass is 300 g/mol. The van der Waals surface area contributed by atoms with E-state index >= 15 is 0 Å². The number of rotatable bonds is 4. The van der Waals surface area contributed by atoms with Crippen molar-refractivity contribution in [2.45, 2.75) is 18.9 Å². The molecule has 4 nitrogen and oxygen atoms in total. The Bertz CT molecular complexity index is 548. The minimum absolute atomic E-state index is 0.210. The molecule has 0 aliphatic carbocycles. The van der Waals surface area contributed by atoms with Gasteiger partial charge in [0.1, 0.15) is 5.82 Å². The van der Waals surface area contributed by atoms with Gasteiger partial charge in [0.05, 0.1) is 11.5 Å². The third-order valence-electron chi connectivity index (χ3n) is 3.71. The molecule has 1 aliphatic rings. The highest BCUT2D eigenvalue weighted by atomic mass is 32.2. The Hall–Kier alpha value is -0.980. The van der Waals surface area contributed by atoms with Gasteiger partial charge in [-0.15, -0.1) is 0 Å². The zero-order valence-electron chi connectivity index (χ0n) is 11.5. The smallest absolute Gasteiger partial charge is 0.151 e. The van der Waals surface area contributed by atoms with Crippen LogP contribution >= 0.6 is 0 Å². The van der Waals surface area contributed by atoms with Gasteiger partial charge in [0.25, 0.3) is 0 Å². The maximum atomic E-state index is 13.6. The molecule has 0 radical (unpaired) electrons. The highest BCUT2D eigenvalue weighted by Crippen LogP contribution is 2.18. The molecule has 1 aliphatic heterocycles. The zero-order chi connectivity index (χ0) is 14.6. The lowest BCUT2D eigenvalue weighted by molar-refractivity contribution is 0.282. The Morgan fingerprint density at radius 3 is 2.75 bits per heavy atom. The fraction of sp³-hybridized carbons (Fsp3) is 0.571. The molecule has 0 bridgehead atoms. The summed E-state index contributed by atoms with van der Waals surface area (Å²) in [5, 5.41) is 0. The van der Waals surface area contributed by atoms with E-state index in [0.717, 1.165) is 6.54 Å². The number of nitrogens with two attached hydrogens (primary N) is 1. The van der Waals surface area contributed by atoms with E-state index in [1.165, 1.54) is 6.07 Å². The molecule has 6 heteroatoms. The molecule has 0 saturated carbocycles. The molecule has 1 heterocycles. The van der Waals surface area contributed by atoms with Gasteiger partial charge >= 0.3 is 0 Å². The van der Waals surface area contributed by atoms with Crippen molar-refractivity contribution < 1.29 is 12.8 Å². The molecule has 1 atom stereocenters. The van der Waals surface area contributed by atoms with E-state index in [4.69, 9.17) is 5.73 Å². The van der Waals surface area contributed by atoms with E-state index in [1.54, 1.807) is 18.2 Å². The second kappa shape index (κ2) is 6.65. The second-order valence-corrected chi connectivity index (χ2v) is 7.57. The van der Waals surface area contributed by atoms with Crippen LogP contribution in [0.3, 0.4) is 0 Å². The van der Waals surface area contributed by atoms with Crippen molar-refractivity contribution in [3.05, 3.63) is 35.6 Å². The van der Waals surface area contributed by atoms with E-state index < -0.39 is 9.84 Å². The van der Waals surface area contributed by atoms with Crippen molar-refractivity contribution in [1.29, 1.82) is 0 Å². The minimum Gasteiger partial charge on any atom is -0.324 e. The topological polar surface area (TPSA) is 63.4 Å². The van der Waals surface area contributed by atoms with Gasteiger partial charge in [-0.1, -0.05) is 18.2 Å². The fourth-order valence-electron chi connectivity index (χ4n) is 2.47. The van der Waals surface area contributed by atoms with Crippen LogP contribution in [0.1, 0.15) is 24.4 Å². The van der Waals surface area contributed by atoms with Crippen LogP contribution in [0.25, 0.3) is 0 Å². The molecule has 1 saturated heterocycles. The summed E-state index contributed by atoms with van der Waals surface area (Å²) in [6, 6.07) is 6.18. The summed E-state index contributed by atoms with van der Waals surface area (Å²) in [6.45, 7) is 2.01. The zero-order valence-corrected chi connectivity index (χ0v) is 12.3. The summed E-state index contributed by atoms with van der Waals surface area (Å²) in [7, 11) is -2.88. The van der Waals surface area contributed by atoms with Gasteiger partial charge in [-0.05, 0) is 32.0 Å². The van der Waals surface area contributed by atoms with Crippen molar-refractivity contribution >= 4 is 9.84 Å². The van der Waals surface area contributed by atoms with Crippen molar-refractivity contribution in [3.63, 3.8) is 0 Å². The van der Waals surface area contributed by atoms with Crippen LogP contribution in [0.15, 0.2) is 24.3 Å². The summed E-state index contributed by atoms with van der Waals surface area (Å²) in [4.78, 5) is 2.10. The fourth-order valence-corrected chi connectivity index (χ4v) is 3.78. The lowest BCUT2D eigenvalue weighted by Gasteiger charge is -2.21. The largest absolute Gasteiger partial charge is 0.324 e. The Labute approximate surface area is 119 Å². The summed E-state index contributed by atoms with van der Waals surface area (Å²) >= 11 is 0. The first-order chi connectivity index (χ1) is 9.48. The number of hydrogen-bond donors (Lipinski definition) is 1. The predicted molar refractivity (Wildman–Crippen MR) is 77.7 cm³/mol. The third-order valence-corrected chi connectivity index (χ3v) is 5.42. The first-order valence-corrected chi connectivity index (χ1v) is 8.73. The van der Waals surface area contributed by atoms with E-state index in [-0.39, 0.29) is 23.4 Å². The Balaban J connectivity index is 1.87. The SMILES string of the molecule is NC(CCN1CCCS(=O)(=O)CC1)c1ccccc1F. The highest BCUT2D eigenvalue weighted by molar-refractivity contribution is 7.91. The maximum absolute atomic E-state index is 13.6. The van der Waals surface area contributed by atoms with Crippen LogP contribution in [0, 0.1) is 5.82 Å². The summed E-state index contributed by atoms with van der Waals surface area (Å²) in [5.74, 6) is 0.198. The normalized spacial score (nSPS) is 21.3. The predicted octanol–water partition coefficient (Wildman–Crippen LogP) is 1.34. The molecular formula is C14H21FN2O2S. The Kier molecular flexibility index (Phi) is 5.12. The molecule has 2 rings (SSSR count). The van der Waals surface area contributed by atoms with Crippen LogP contribution in [-0.4, -0.2) is 44.5 Å². The molecule has 1 fully saturated rings. The van der Waals surface area contributed by atoms with Gasteiger partial charge in [-0.25, -0.2) is 12.8 Å². The standard InChI is InChI=1S/C14H21FN2O2S/c15-13-5-2-1-4-12(13)14(16)6-8-17-7-3-10-20(18,19)11-9-17/h1-2,4-5,14H,3,6-11,16H2. The highest BCUT2D eigenvalue weighted by Gasteiger charge is 2.20. The average molecular weight is 300 g/mol. The van der Waals surface area contributed by atoms with E-state index in [9.17, 15) is 12.8 Å². The van der Waals surface area contributed by atoms with Crippen LogP contribution in [0.2, 0.25) is 0 Å². The van der Waals surface area contributed by atoms with E-state index in [0.29, 0.717) is 31.5 Å². The summed E-state index contributed by atoms with van der Waals surface area (Å²) in [5.41, 5.74) is 6.54. The molecule has 20 heavy (non-hydrogen) atoms. The third kappa shape index (κ3) is 4.26. The summed E-state index contributed by atoms with van der Waals surface area (Å²) < 4.78 is 36.6. The molecule has 112 valence electrons. The van der Waals surface area contributed by atoms with Crippen LogP contribution in [0.5, 0.6) is 0 Å². The minimum atomic E-state index is -2.88. The van der Waals surface area contributed by atoms with E-state index in [1.807, 2.05) is 0 Å². The van der Waals surface area contributed by atoms with Gasteiger partial charge in [0.2, 0.25) is 0 Å². The number of halogens is 1. The van der Waals surface area contributed by atoms with Gasteiger partial charge < -0.3 is 10.6 Å². The molecule has 1 aromatic rings. The lowest BCUT2D eigenvalue weighted by Crippen LogP contribution is -2.30. The molecule has 0 spiro atoms. The Morgan fingerprint density at radius 2 is 2.00 bits per heavy atom. The van der Waals surface area contributed by atoms with E-state index in [2.05, 4.69) is 4.90 Å². The first kappa shape index (κ1) is 15.4. The van der Waals surface area contributed by atoms with Crippen molar-refractivity contribution in [1.82, 2.24) is 4.90 Å². The molecule has 0 amide bonds. The second-order valence-electron chi connectivity index (χ2n) is 5.26.